The van der Waals surface area contributed by atoms with Crippen molar-refractivity contribution in [2.45, 2.75) is 33.7 Å². The zero-order valence-electron chi connectivity index (χ0n) is 11.3. The van der Waals surface area contributed by atoms with Gasteiger partial charge in [-0.05, 0) is 12.0 Å². The molecule has 0 unspecified atom stereocenters. The predicted molar refractivity (Wildman–Crippen MR) is 73.0 cm³/mol. The van der Waals surface area contributed by atoms with Crippen LogP contribution in [0.1, 0.15) is 32.8 Å². The minimum absolute atomic E-state index is 0.198. The molecule has 96 valence electrons. The van der Waals surface area contributed by atoms with Gasteiger partial charge in [-0.15, -0.1) is 0 Å². The van der Waals surface area contributed by atoms with E-state index in [9.17, 15) is 0 Å². The van der Waals surface area contributed by atoms with Crippen molar-refractivity contribution >= 4 is 0 Å². The molecular formula is C15H25NO. The Kier molecular flexibility index (Phi) is 6.23. The molecule has 0 heterocycles. The van der Waals surface area contributed by atoms with Crippen LogP contribution in [0.3, 0.4) is 0 Å². The first-order valence-electron chi connectivity index (χ1n) is 6.46. The minimum Gasteiger partial charge on any atom is -0.381 e. The van der Waals surface area contributed by atoms with E-state index in [0.29, 0.717) is 0 Å². The number of ether oxygens (including phenoxy) is 1. The van der Waals surface area contributed by atoms with Gasteiger partial charge in [0, 0.05) is 25.1 Å². The lowest BCUT2D eigenvalue weighted by Gasteiger charge is -2.24. The molecule has 0 spiro atoms. The standard InChI is InChI=1S/C15H25NO/c1-4-10-17-13-15(2,3)12-16-11-14-8-6-5-7-9-14/h5-9,16H,4,10-13H2,1-3H3. The number of nitrogens with one attached hydrogen (secondary N) is 1. The summed E-state index contributed by atoms with van der Waals surface area (Å²) in [6, 6.07) is 10.5. The van der Waals surface area contributed by atoms with Crippen LogP contribution in [0.15, 0.2) is 30.3 Å². The lowest BCUT2D eigenvalue weighted by molar-refractivity contribution is 0.0623. The third-order valence-electron chi connectivity index (χ3n) is 2.62. The Bertz CT molecular complexity index is 295. The monoisotopic (exact) mass is 235 g/mol. The van der Waals surface area contributed by atoms with Crippen molar-refractivity contribution in [3.63, 3.8) is 0 Å². The average Bonchev–Trinajstić information content (AvgIpc) is 2.30. The Morgan fingerprint density at radius 2 is 1.88 bits per heavy atom. The molecule has 0 radical (unpaired) electrons. The zero-order valence-corrected chi connectivity index (χ0v) is 11.3. The van der Waals surface area contributed by atoms with Gasteiger partial charge in [0.05, 0.1) is 6.61 Å². The van der Waals surface area contributed by atoms with Crippen molar-refractivity contribution in [2.24, 2.45) is 5.41 Å². The van der Waals surface area contributed by atoms with Crippen LogP contribution in [0, 0.1) is 5.41 Å². The molecule has 1 rings (SSSR count). The third kappa shape index (κ3) is 6.44. The van der Waals surface area contributed by atoms with Crippen molar-refractivity contribution in [2.75, 3.05) is 19.8 Å². The molecule has 0 bridgehead atoms. The van der Waals surface area contributed by atoms with Crippen molar-refractivity contribution in [3.05, 3.63) is 35.9 Å². The smallest absolute Gasteiger partial charge is 0.0529 e. The topological polar surface area (TPSA) is 21.3 Å². The Morgan fingerprint density at radius 3 is 2.53 bits per heavy atom. The highest BCUT2D eigenvalue weighted by Crippen LogP contribution is 2.14. The molecule has 0 saturated carbocycles. The number of hydrogen-bond acceptors (Lipinski definition) is 2. The van der Waals surface area contributed by atoms with Crippen LogP contribution in [-0.2, 0) is 11.3 Å². The minimum atomic E-state index is 0.198. The lowest BCUT2D eigenvalue weighted by atomic mass is 9.95. The molecule has 0 atom stereocenters. The summed E-state index contributed by atoms with van der Waals surface area (Å²) < 4.78 is 5.61. The molecule has 0 amide bonds. The molecule has 0 aromatic heterocycles. The molecule has 2 nitrogen and oxygen atoms in total. The van der Waals surface area contributed by atoms with E-state index in [0.717, 1.165) is 32.7 Å². The first kappa shape index (κ1) is 14.2. The van der Waals surface area contributed by atoms with Gasteiger partial charge in [-0.1, -0.05) is 51.1 Å². The van der Waals surface area contributed by atoms with Crippen molar-refractivity contribution in [1.82, 2.24) is 5.32 Å². The molecule has 0 fully saturated rings. The summed E-state index contributed by atoms with van der Waals surface area (Å²) in [4.78, 5) is 0. The van der Waals surface area contributed by atoms with Gasteiger partial charge in [-0.25, -0.2) is 0 Å². The highest BCUT2D eigenvalue weighted by molar-refractivity contribution is 5.14. The maximum absolute atomic E-state index is 5.61. The van der Waals surface area contributed by atoms with Gasteiger partial charge >= 0.3 is 0 Å². The summed E-state index contributed by atoms with van der Waals surface area (Å²) in [6.45, 7) is 10.2. The second-order valence-corrected chi connectivity index (χ2v) is 5.31. The average molecular weight is 235 g/mol. The van der Waals surface area contributed by atoms with E-state index in [4.69, 9.17) is 4.74 Å². The largest absolute Gasteiger partial charge is 0.381 e. The van der Waals surface area contributed by atoms with Gasteiger partial charge in [0.2, 0.25) is 0 Å². The summed E-state index contributed by atoms with van der Waals surface area (Å²) in [6.07, 6.45) is 1.09. The molecule has 1 N–H and O–H groups in total. The van der Waals surface area contributed by atoms with Gasteiger partial charge in [0.15, 0.2) is 0 Å². The Balaban J connectivity index is 2.20. The first-order valence-corrected chi connectivity index (χ1v) is 6.46. The van der Waals surface area contributed by atoms with Crippen LogP contribution in [0.5, 0.6) is 0 Å². The third-order valence-corrected chi connectivity index (χ3v) is 2.62. The van der Waals surface area contributed by atoms with E-state index in [-0.39, 0.29) is 5.41 Å². The SMILES string of the molecule is CCCOCC(C)(C)CNCc1ccccc1. The molecule has 17 heavy (non-hydrogen) atoms. The Labute approximate surface area is 105 Å². The Morgan fingerprint density at radius 1 is 1.18 bits per heavy atom. The van der Waals surface area contributed by atoms with Gasteiger partial charge in [0.25, 0.3) is 0 Å². The molecule has 0 saturated heterocycles. The lowest BCUT2D eigenvalue weighted by Crippen LogP contribution is -2.33. The van der Waals surface area contributed by atoms with Gasteiger partial charge in [-0.2, -0.15) is 0 Å². The molecule has 2 heteroatoms. The summed E-state index contributed by atoms with van der Waals surface area (Å²) in [5.74, 6) is 0. The number of hydrogen-bond donors (Lipinski definition) is 1. The van der Waals surface area contributed by atoms with Crippen molar-refractivity contribution < 1.29 is 4.74 Å². The van der Waals surface area contributed by atoms with Crippen LogP contribution >= 0.6 is 0 Å². The zero-order chi connectivity index (χ0) is 12.6. The maximum atomic E-state index is 5.61. The number of benzene rings is 1. The molecule has 0 aliphatic carbocycles. The van der Waals surface area contributed by atoms with E-state index >= 15 is 0 Å². The summed E-state index contributed by atoms with van der Waals surface area (Å²) in [5.41, 5.74) is 1.53. The molecule has 1 aromatic carbocycles. The molecule has 0 aliphatic heterocycles. The molecule has 0 aliphatic rings. The fourth-order valence-electron chi connectivity index (χ4n) is 1.68. The second-order valence-electron chi connectivity index (χ2n) is 5.31. The van der Waals surface area contributed by atoms with E-state index in [1.807, 2.05) is 6.07 Å². The van der Waals surface area contributed by atoms with Crippen molar-refractivity contribution in [3.8, 4) is 0 Å². The van der Waals surface area contributed by atoms with Crippen LogP contribution in [0.25, 0.3) is 0 Å². The quantitative estimate of drug-likeness (QED) is 0.698. The van der Waals surface area contributed by atoms with E-state index in [2.05, 4.69) is 50.4 Å². The van der Waals surface area contributed by atoms with Gasteiger partial charge in [-0.3, -0.25) is 0 Å². The maximum Gasteiger partial charge on any atom is 0.0529 e. The van der Waals surface area contributed by atoms with Crippen molar-refractivity contribution in [1.29, 1.82) is 0 Å². The van der Waals surface area contributed by atoms with Crippen LogP contribution in [0.4, 0.5) is 0 Å². The first-order chi connectivity index (χ1) is 8.14. The van der Waals surface area contributed by atoms with Crippen LogP contribution in [-0.4, -0.2) is 19.8 Å². The van der Waals surface area contributed by atoms with E-state index < -0.39 is 0 Å². The van der Waals surface area contributed by atoms with Crippen LogP contribution in [0.2, 0.25) is 0 Å². The fraction of sp³-hybridized carbons (Fsp3) is 0.600. The molecule has 1 aromatic rings. The highest BCUT2D eigenvalue weighted by atomic mass is 16.5. The second kappa shape index (κ2) is 7.46. The highest BCUT2D eigenvalue weighted by Gasteiger charge is 2.17. The predicted octanol–water partition coefficient (Wildman–Crippen LogP) is 3.23. The summed E-state index contributed by atoms with van der Waals surface area (Å²) in [7, 11) is 0. The fourth-order valence-corrected chi connectivity index (χ4v) is 1.68. The summed E-state index contributed by atoms with van der Waals surface area (Å²) in [5, 5.41) is 3.49. The van der Waals surface area contributed by atoms with E-state index in [1.54, 1.807) is 0 Å². The Hall–Kier alpha value is -0.860. The molecular weight excluding hydrogens is 210 g/mol. The summed E-state index contributed by atoms with van der Waals surface area (Å²) >= 11 is 0. The van der Waals surface area contributed by atoms with Gasteiger partial charge < -0.3 is 10.1 Å². The van der Waals surface area contributed by atoms with Crippen LogP contribution < -0.4 is 5.32 Å². The normalized spacial score (nSPS) is 11.7. The number of rotatable bonds is 8. The van der Waals surface area contributed by atoms with Gasteiger partial charge in [0.1, 0.15) is 0 Å². The van der Waals surface area contributed by atoms with E-state index in [1.165, 1.54) is 5.56 Å².